The van der Waals surface area contributed by atoms with Crippen LogP contribution in [0.5, 0.6) is 0 Å². The van der Waals surface area contributed by atoms with E-state index in [1.54, 1.807) is 10.6 Å². The third-order valence-electron chi connectivity index (χ3n) is 3.57. The van der Waals surface area contributed by atoms with E-state index in [4.69, 9.17) is 9.15 Å². The zero-order valence-electron chi connectivity index (χ0n) is 11.9. The second kappa shape index (κ2) is 6.09. The Bertz CT molecular complexity index is 613. The second-order valence-electron chi connectivity index (χ2n) is 5.14. The summed E-state index contributed by atoms with van der Waals surface area (Å²) in [7, 11) is 1.82. The average Bonchev–Trinajstić information content (AvgIpc) is 3.15. The van der Waals surface area contributed by atoms with Gasteiger partial charge in [-0.1, -0.05) is 0 Å². The Kier molecular flexibility index (Phi) is 4.01. The Morgan fingerprint density at radius 2 is 2.43 bits per heavy atom. The molecular weight excluding hydrogens is 272 g/mol. The first-order valence-electron chi connectivity index (χ1n) is 7.03. The van der Waals surface area contributed by atoms with Gasteiger partial charge in [-0.3, -0.25) is 4.79 Å². The molecule has 1 atom stereocenters. The van der Waals surface area contributed by atoms with Gasteiger partial charge in [0.15, 0.2) is 0 Å². The van der Waals surface area contributed by atoms with Crippen molar-refractivity contribution in [2.45, 2.75) is 25.3 Å². The van der Waals surface area contributed by atoms with Crippen LogP contribution in [0.4, 0.5) is 0 Å². The van der Waals surface area contributed by atoms with Gasteiger partial charge >= 0.3 is 0 Å². The lowest BCUT2D eigenvalue weighted by atomic mass is 10.0. The fourth-order valence-electron chi connectivity index (χ4n) is 2.38. The second-order valence-corrected chi connectivity index (χ2v) is 5.14. The molecule has 7 nitrogen and oxygen atoms in total. The van der Waals surface area contributed by atoms with Crippen molar-refractivity contribution >= 4 is 5.91 Å². The molecule has 1 aliphatic heterocycles. The first-order chi connectivity index (χ1) is 10.2. The summed E-state index contributed by atoms with van der Waals surface area (Å²) in [5.41, 5.74) is 0.593. The molecule has 0 bridgehead atoms. The number of amides is 1. The molecule has 2 aromatic heterocycles. The van der Waals surface area contributed by atoms with Gasteiger partial charge in [-0.25, -0.2) is 0 Å². The minimum atomic E-state index is -0.164. The molecule has 1 saturated heterocycles. The molecule has 0 saturated carbocycles. The lowest BCUT2D eigenvalue weighted by Crippen LogP contribution is -2.24. The van der Waals surface area contributed by atoms with Crippen LogP contribution in [0.2, 0.25) is 0 Å². The molecule has 2 aromatic rings. The molecule has 21 heavy (non-hydrogen) atoms. The normalized spacial score (nSPS) is 18.6. The maximum Gasteiger partial charge on any atom is 0.268 e. The molecule has 1 amide bonds. The Morgan fingerprint density at radius 1 is 1.52 bits per heavy atom. The molecule has 3 heterocycles. The van der Waals surface area contributed by atoms with Gasteiger partial charge in [0.05, 0.1) is 19.1 Å². The van der Waals surface area contributed by atoms with E-state index in [0.29, 0.717) is 24.1 Å². The molecule has 1 fully saturated rings. The van der Waals surface area contributed by atoms with E-state index in [-0.39, 0.29) is 18.4 Å². The van der Waals surface area contributed by atoms with E-state index < -0.39 is 0 Å². The summed E-state index contributed by atoms with van der Waals surface area (Å²) in [6.45, 7) is 1.64. The van der Waals surface area contributed by atoms with Gasteiger partial charge in [0.25, 0.3) is 5.91 Å². The van der Waals surface area contributed by atoms with Gasteiger partial charge in [0.1, 0.15) is 5.69 Å². The summed E-state index contributed by atoms with van der Waals surface area (Å²) < 4.78 is 12.8. The van der Waals surface area contributed by atoms with E-state index in [1.807, 2.05) is 19.3 Å². The van der Waals surface area contributed by atoms with Crippen molar-refractivity contribution in [2.24, 2.45) is 7.05 Å². The lowest BCUT2D eigenvalue weighted by Gasteiger charge is -2.18. The van der Waals surface area contributed by atoms with Crippen LogP contribution in [0.25, 0.3) is 0 Å². The third kappa shape index (κ3) is 3.13. The number of nitrogens with one attached hydrogen (secondary N) is 1. The van der Waals surface area contributed by atoms with Crippen LogP contribution in [0.1, 0.15) is 41.0 Å². The fourth-order valence-corrected chi connectivity index (χ4v) is 2.38. The number of hydrogen-bond donors (Lipinski definition) is 1. The summed E-state index contributed by atoms with van der Waals surface area (Å²) >= 11 is 0. The molecule has 0 aliphatic carbocycles. The molecular formula is C14H18N4O3. The minimum Gasteiger partial charge on any atom is -0.423 e. The predicted octanol–water partition coefficient (Wildman–Crippen LogP) is 1.23. The van der Waals surface area contributed by atoms with Crippen molar-refractivity contribution in [3.63, 3.8) is 0 Å². The van der Waals surface area contributed by atoms with E-state index in [9.17, 15) is 4.79 Å². The minimum absolute atomic E-state index is 0.164. The molecule has 0 radical (unpaired) electrons. The van der Waals surface area contributed by atoms with Crippen molar-refractivity contribution in [3.8, 4) is 0 Å². The van der Waals surface area contributed by atoms with Gasteiger partial charge in [0.2, 0.25) is 11.8 Å². The van der Waals surface area contributed by atoms with Crippen LogP contribution < -0.4 is 5.32 Å². The summed E-state index contributed by atoms with van der Waals surface area (Å²) in [5, 5.41) is 10.8. The van der Waals surface area contributed by atoms with Gasteiger partial charge in [-0.2, -0.15) is 0 Å². The Balaban J connectivity index is 1.57. The number of carbonyl (C=O) groups is 1. The highest BCUT2D eigenvalue weighted by Gasteiger charge is 2.22. The third-order valence-corrected chi connectivity index (χ3v) is 3.57. The molecule has 0 aromatic carbocycles. The highest BCUT2D eigenvalue weighted by atomic mass is 16.5. The lowest BCUT2D eigenvalue weighted by molar-refractivity contribution is 0.0720. The van der Waals surface area contributed by atoms with Crippen LogP contribution in [-0.2, 0) is 18.3 Å². The number of carbonyl (C=O) groups excluding carboxylic acids is 1. The van der Waals surface area contributed by atoms with E-state index in [2.05, 4.69) is 15.5 Å². The van der Waals surface area contributed by atoms with E-state index in [0.717, 1.165) is 19.4 Å². The van der Waals surface area contributed by atoms with Crippen molar-refractivity contribution in [3.05, 3.63) is 35.8 Å². The summed E-state index contributed by atoms with van der Waals surface area (Å²) in [5.74, 6) is 1.02. The number of aromatic nitrogens is 3. The highest BCUT2D eigenvalue weighted by molar-refractivity contribution is 5.92. The van der Waals surface area contributed by atoms with Crippen molar-refractivity contribution in [1.29, 1.82) is 0 Å². The fraction of sp³-hybridized carbons (Fsp3) is 0.500. The molecule has 7 heteroatoms. The number of ether oxygens (including phenoxy) is 1. The van der Waals surface area contributed by atoms with Crippen molar-refractivity contribution < 1.29 is 13.9 Å². The molecule has 3 rings (SSSR count). The SMILES string of the molecule is Cn1cccc1C(=O)NCc1nnc(C2CCCOC2)o1. The monoisotopic (exact) mass is 290 g/mol. The topological polar surface area (TPSA) is 82.2 Å². The van der Waals surface area contributed by atoms with Crippen LogP contribution in [0, 0.1) is 0 Å². The van der Waals surface area contributed by atoms with Crippen molar-refractivity contribution in [1.82, 2.24) is 20.1 Å². The number of aryl methyl sites for hydroxylation is 1. The molecule has 1 aliphatic rings. The largest absolute Gasteiger partial charge is 0.423 e. The van der Waals surface area contributed by atoms with E-state index in [1.165, 1.54) is 0 Å². The molecule has 0 spiro atoms. The number of hydrogen-bond acceptors (Lipinski definition) is 5. The van der Waals surface area contributed by atoms with Crippen LogP contribution in [0.15, 0.2) is 22.7 Å². The van der Waals surface area contributed by atoms with Gasteiger partial charge in [-0.05, 0) is 25.0 Å². The number of rotatable bonds is 4. The molecule has 112 valence electrons. The first-order valence-corrected chi connectivity index (χ1v) is 7.03. The van der Waals surface area contributed by atoms with Gasteiger partial charge < -0.3 is 19.0 Å². The molecule has 1 unspecified atom stereocenters. The smallest absolute Gasteiger partial charge is 0.268 e. The zero-order chi connectivity index (χ0) is 14.7. The first kappa shape index (κ1) is 13.8. The van der Waals surface area contributed by atoms with Crippen LogP contribution in [0.3, 0.4) is 0 Å². The standard InChI is InChI=1S/C14H18N4O3/c1-18-6-2-5-11(18)13(19)15-8-12-16-17-14(21-12)10-4-3-7-20-9-10/h2,5-6,10H,3-4,7-9H2,1H3,(H,15,19). The van der Waals surface area contributed by atoms with Crippen LogP contribution >= 0.6 is 0 Å². The quantitative estimate of drug-likeness (QED) is 0.916. The van der Waals surface area contributed by atoms with Gasteiger partial charge in [0, 0.05) is 19.9 Å². The highest BCUT2D eigenvalue weighted by Crippen LogP contribution is 2.24. The maximum atomic E-state index is 12.0. The Labute approximate surface area is 122 Å². The average molecular weight is 290 g/mol. The number of nitrogens with zero attached hydrogens (tertiary/aromatic N) is 3. The molecule has 1 N–H and O–H groups in total. The predicted molar refractivity (Wildman–Crippen MR) is 73.7 cm³/mol. The Morgan fingerprint density at radius 3 is 3.14 bits per heavy atom. The Hall–Kier alpha value is -2.15. The summed E-state index contributed by atoms with van der Waals surface area (Å²) in [6.07, 6.45) is 3.83. The van der Waals surface area contributed by atoms with Gasteiger partial charge in [-0.15, -0.1) is 10.2 Å². The summed E-state index contributed by atoms with van der Waals surface area (Å²) in [4.78, 5) is 12.0. The van der Waals surface area contributed by atoms with E-state index >= 15 is 0 Å². The zero-order valence-corrected chi connectivity index (χ0v) is 11.9. The summed E-state index contributed by atoms with van der Waals surface area (Å²) in [6, 6.07) is 3.58. The maximum absolute atomic E-state index is 12.0. The van der Waals surface area contributed by atoms with Crippen molar-refractivity contribution in [2.75, 3.05) is 13.2 Å². The van der Waals surface area contributed by atoms with Crippen LogP contribution in [-0.4, -0.2) is 33.9 Å².